The van der Waals surface area contributed by atoms with E-state index in [1.807, 2.05) is 48.2 Å². The number of benzene rings is 2. The van der Waals surface area contributed by atoms with Gasteiger partial charge in [-0.15, -0.1) is 11.8 Å². The number of nitrogens with one attached hydrogen (secondary N) is 1. The van der Waals surface area contributed by atoms with Crippen LogP contribution in [0.4, 0.5) is 0 Å². The van der Waals surface area contributed by atoms with Crippen LogP contribution in [0.3, 0.4) is 0 Å². The third-order valence-electron chi connectivity index (χ3n) is 3.27. The second-order valence-electron chi connectivity index (χ2n) is 5.86. The van der Waals surface area contributed by atoms with Crippen molar-refractivity contribution in [3.05, 3.63) is 58.6 Å². The first kappa shape index (κ1) is 20.4. The van der Waals surface area contributed by atoms with E-state index in [-0.39, 0.29) is 5.91 Å². The van der Waals surface area contributed by atoms with Crippen molar-refractivity contribution in [1.29, 1.82) is 0 Å². The number of amides is 1. The van der Waals surface area contributed by atoms with Crippen LogP contribution in [0.2, 0.25) is 0 Å². The van der Waals surface area contributed by atoms with Crippen molar-refractivity contribution in [1.82, 2.24) is 5.32 Å². The maximum atomic E-state index is 11.9. The Kier molecular flexibility index (Phi) is 8.60. The molecule has 0 saturated carbocycles. The molecule has 1 amide bonds. The second kappa shape index (κ2) is 10.9. The van der Waals surface area contributed by atoms with E-state index in [1.54, 1.807) is 0 Å². The standard InChI is InChI=1S/C21H22BrNO2S/c1-16(2)26-20-10-8-17(9-11-20)14-21(24)23-12-3-4-13-25-19-7-5-6-18(22)15-19/h5-11,15-16H,12-14H2,1-2H3,(H,23,24). The molecule has 0 saturated heterocycles. The van der Waals surface area contributed by atoms with Gasteiger partial charge in [-0.1, -0.05) is 59.8 Å². The van der Waals surface area contributed by atoms with Gasteiger partial charge in [-0.2, -0.15) is 0 Å². The molecule has 0 spiro atoms. The number of carbonyl (C=O) groups is 1. The van der Waals surface area contributed by atoms with Crippen LogP contribution in [0.15, 0.2) is 57.9 Å². The summed E-state index contributed by atoms with van der Waals surface area (Å²) in [5.74, 6) is 6.52. The third kappa shape index (κ3) is 7.99. The Morgan fingerprint density at radius 2 is 1.96 bits per heavy atom. The third-order valence-corrected chi connectivity index (χ3v) is 4.77. The van der Waals surface area contributed by atoms with Crippen LogP contribution in [-0.4, -0.2) is 24.3 Å². The van der Waals surface area contributed by atoms with Crippen molar-refractivity contribution in [2.45, 2.75) is 30.4 Å². The summed E-state index contributed by atoms with van der Waals surface area (Å²) in [4.78, 5) is 13.2. The second-order valence-corrected chi connectivity index (χ2v) is 8.43. The molecular weight excluding hydrogens is 410 g/mol. The average Bonchev–Trinajstić information content (AvgIpc) is 2.59. The number of hydrogen-bond acceptors (Lipinski definition) is 3. The minimum atomic E-state index is -0.0310. The fourth-order valence-electron chi connectivity index (χ4n) is 2.14. The van der Waals surface area contributed by atoms with Gasteiger partial charge in [0.1, 0.15) is 12.4 Å². The molecular formula is C21H22BrNO2S. The van der Waals surface area contributed by atoms with Crippen molar-refractivity contribution < 1.29 is 9.53 Å². The van der Waals surface area contributed by atoms with E-state index in [1.165, 1.54) is 4.90 Å². The Labute approximate surface area is 168 Å². The molecule has 0 radical (unpaired) electrons. The molecule has 0 aliphatic heterocycles. The van der Waals surface area contributed by atoms with Crippen molar-refractivity contribution >= 4 is 33.6 Å². The van der Waals surface area contributed by atoms with Crippen molar-refractivity contribution in [3.63, 3.8) is 0 Å². The Bertz CT molecular complexity index is 779. The molecule has 0 aromatic heterocycles. The molecule has 0 atom stereocenters. The van der Waals surface area contributed by atoms with Gasteiger partial charge in [0.2, 0.25) is 5.91 Å². The molecule has 26 heavy (non-hydrogen) atoms. The van der Waals surface area contributed by atoms with Crippen molar-refractivity contribution in [2.24, 2.45) is 0 Å². The maximum Gasteiger partial charge on any atom is 0.225 e. The van der Waals surface area contributed by atoms with E-state index >= 15 is 0 Å². The molecule has 0 aliphatic rings. The largest absolute Gasteiger partial charge is 0.481 e. The highest BCUT2D eigenvalue weighted by molar-refractivity contribution is 9.10. The Morgan fingerprint density at radius 1 is 1.19 bits per heavy atom. The summed E-state index contributed by atoms with van der Waals surface area (Å²) >= 11 is 5.20. The number of rotatable bonds is 7. The Morgan fingerprint density at radius 3 is 2.65 bits per heavy atom. The average molecular weight is 432 g/mol. The first-order valence-corrected chi connectivity index (χ1v) is 10.1. The zero-order chi connectivity index (χ0) is 18.8. The Balaban J connectivity index is 1.67. The SMILES string of the molecule is CC(C)Sc1ccc(CC(=O)NCC#CCOc2cccc(Br)c2)cc1. The van der Waals surface area contributed by atoms with E-state index in [4.69, 9.17) is 4.74 Å². The predicted octanol–water partition coefficient (Wildman–Crippen LogP) is 4.69. The van der Waals surface area contributed by atoms with Gasteiger partial charge >= 0.3 is 0 Å². The lowest BCUT2D eigenvalue weighted by atomic mass is 10.1. The molecule has 5 heteroatoms. The lowest BCUT2D eigenvalue weighted by Gasteiger charge is -2.06. The van der Waals surface area contributed by atoms with Crippen molar-refractivity contribution in [2.75, 3.05) is 13.2 Å². The summed E-state index contributed by atoms with van der Waals surface area (Å²) < 4.78 is 6.47. The van der Waals surface area contributed by atoms with Crippen LogP contribution in [0, 0.1) is 11.8 Å². The molecule has 0 unspecified atom stereocenters. The van der Waals surface area contributed by atoms with Crippen LogP contribution >= 0.6 is 27.7 Å². The maximum absolute atomic E-state index is 11.9. The first-order valence-electron chi connectivity index (χ1n) is 8.39. The van der Waals surface area contributed by atoms with Crippen LogP contribution in [0.5, 0.6) is 5.75 Å². The van der Waals surface area contributed by atoms with E-state index < -0.39 is 0 Å². The summed E-state index contributed by atoms with van der Waals surface area (Å²) in [7, 11) is 0. The minimum Gasteiger partial charge on any atom is -0.481 e. The van der Waals surface area contributed by atoms with E-state index in [2.05, 4.69) is 59.1 Å². The number of hydrogen-bond donors (Lipinski definition) is 1. The molecule has 0 bridgehead atoms. The molecule has 136 valence electrons. The van der Waals surface area contributed by atoms with Crippen LogP contribution in [0.25, 0.3) is 0 Å². The summed E-state index contributed by atoms with van der Waals surface area (Å²) in [6, 6.07) is 15.7. The number of halogens is 1. The monoisotopic (exact) mass is 431 g/mol. The molecule has 2 aromatic rings. The van der Waals surface area contributed by atoms with Gasteiger partial charge in [0.05, 0.1) is 13.0 Å². The van der Waals surface area contributed by atoms with E-state index in [0.717, 1.165) is 15.8 Å². The highest BCUT2D eigenvalue weighted by Gasteiger charge is 2.03. The summed E-state index contributed by atoms with van der Waals surface area (Å²) in [6.45, 7) is 4.94. The normalized spacial score (nSPS) is 10.2. The lowest BCUT2D eigenvalue weighted by Crippen LogP contribution is -2.25. The predicted molar refractivity (Wildman–Crippen MR) is 112 cm³/mol. The smallest absolute Gasteiger partial charge is 0.225 e. The molecule has 2 rings (SSSR count). The first-order chi connectivity index (χ1) is 12.5. The molecule has 3 nitrogen and oxygen atoms in total. The quantitative estimate of drug-likeness (QED) is 0.510. The van der Waals surface area contributed by atoms with Crippen LogP contribution in [-0.2, 0) is 11.2 Å². The van der Waals surface area contributed by atoms with Crippen LogP contribution < -0.4 is 10.1 Å². The highest BCUT2D eigenvalue weighted by Crippen LogP contribution is 2.23. The summed E-state index contributed by atoms with van der Waals surface area (Å²) in [5, 5.41) is 3.36. The Hall–Kier alpha value is -1.90. The fraction of sp³-hybridized carbons (Fsp3) is 0.286. The van der Waals surface area contributed by atoms with Gasteiger partial charge in [-0.25, -0.2) is 0 Å². The topological polar surface area (TPSA) is 38.3 Å². The van der Waals surface area contributed by atoms with Crippen LogP contribution in [0.1, 0.15) is 19.4 Å². The van der Waals surface area contributed by atoms with Gasteiger partial charge in [-0.05, 0) is 35.9 Å². The number of ether oxygens (including phenoxy) is 1. The van der Waals surface area contributed by atoms with Gasteiger partial charge in [0, 0.05) is 14.6 Å². The molecule has 0 fully saturated rings. The van der Waals surface area contributed by atoms with Crippen molar-refractivity contribution in [3.8, 4) is 17.6 Å². The zero-order valence-corrected chi connectivity index (χ0v) is 17.3. The van der Waals surface area contributed by atoms with E-state index in [0.29, 0.717) is 24.8 Å². The van der Waals surface area contributed by atoms with Gasteiger partial charge in [-0.3, -0.25) is 4.79 Å². The minimum absolute atomic E-state index is 0.0310. The highest BCUT2D eigenvalue weighted by atomic mass is 79.9. The molecule has 0 heterocycles. The summed E-state index contributed by atoms with van der Waals surface area (Å²) in [6.07, 6.45) is 0.364. The molecule has 0 aliphatic carbocycles. The zero-order valence-electron chi connectivity index (χ0n) is 14.9. The van der Waals surface area contributed by atoms with Gasteiger partial charge < -0.3 is 10.1 Å². The van der Waals surface area contributed by atoms with Gasteiger partial charge in [0.15, 0.2) is 0 Å². The molecule has 2 aromatic carbocycles. The lowest BCUT2D eigenvalue weighted by molar-refractivity contribution is -0.120. The van der Waals surface area contributed by atoms with E-state index in [9.17, 15) is 4.79 Å². The summed E-state index contributed by atoms with van der Waals surface area (Å²) in [5.41, 5.74) is 1.00. The van der Waals surface area contributed by atoms with Gasteiger partial charge in [0.25, 0.3) is 0 Å². The number of carbonyl (C=O) groups excluding carboxylic acids is 1. The fourth-order valence-corrected chi connectivity index (χ4v) is 3.35. The molecule has 1 N–H and O–H groups in total. The number of thioether (sulfide) groups is 1.